The molecule has 6 heteroatoms. The number of carboxylic acids is 3. The molecule has 6 nitrogen and oxygen atoms in total. The van der Waals surface area contributed by atoms with Crippen LogP contribution >= 0.6 is 0 Å². The summed E-state index contributed by atoms with van der Waals surface area (Å²) in [6.07, 6.45) is 6.02. The van der Waals surface area contributed by atoms with E-state index in [1.54, 1.807) is 0 Å². The maximum atomic E-state index is 12.5. The van der Waals surface area contributed by atoms with Crippen LogP contribution in [0.15, 0.2) is 11.6 Å². The highest BCUT2D eigenvalue weighted by Crippen LogP contribution is 2.68. The number of rotatable bonds is 5. The summed E-state index contributed by atoms with van der Waals surface area (Å²) in [4.78, 5) is 37.0. The average molecular weight is 421 g/mol. The predicted octanol–water partition coefficient (Wildman–Crippen LogP) is 4.69. The first kappa shape index (κ1) is 22.8. The van der Waals surface area contributed by atoms with E-state index in [1.807, 2.05) is 27.7 Å². The van der Waals surface area contributed by atoms with Crippen molar-refractivity contribution in [3.05, 3.63) is 11.6 Å². The number of hydrogen-bond acceptors (Lipinski definition) is 3. The highest BCUT2D eigenvalue weighted by Gasteiger charge is 2.64. The molecule has 30 heavy (non-hydrogen) atoms. The molecule has 2 saturated carbocycles. The molecule has 7 atom stereocenters. The molecular formula is C24H36O6. The van der Waals surface area contributed by atoms with E-state index in [2.05, 4.69) is 13.0 Å². The molecule has 0 aromatic carbocycles. The fraction of sp³-hybridized carbons (Fsp3) is 0.792. The Morgan fingerprint density at radius 1 is 1.00 bits per heavy atom. The van der Waals surface area contributed by atoms with E-state index < -0.39 is 46.0 Å². The van der Waals surface area contributed by atoms with Gasteiger partial charge >= 0.3 is 17.9 Å². The van der Waals surface area contributed by atoms with Crippen molar-refractivity contribution < 1.29 is 29.7 Å². The van der Waals surface area contributed by atoms with Crippen LogP contribution in [0.3, 0.4) is 0 Å². The van der Waals surface area contributed by atoms with Crippen LogP contribution in [-0.2, 0) is 14.4 Å². The SMILES string of the molecule is CC(C)CC1C=C2C(C)(CCC3C(C)(C(=O)O)CCCC23C)C(C(=O)O)C1C(=O)O. The normalized spacial score (nSPS) is 43.3. The van der Waals surface area contributed by atoms with Gasteiger partial charge < -0.3 is 15.3 Å². The monoisotopic (exact) mass is 420 g/mol. The molecule has 0 radical (unpaired) electrons. The first-order chi connectivity index (χ1) is 13.8. The molecule has 3 aliphatic rings. The highest BCUT2D eigenvalue weighted by molar-refractivity contribution is 5.83. The molecule has 0 amide bonds. The standard InChI is InChI=1S/C24H36O6/c1-13(2)11-14-12-16-22(3)8-6-9-24(5,21(29)30)15(22)7-10-23(16,4)18(20(27)28)17(14)19(25)26/h12-15,17-18H,6-11H2,1-5H3,(H,25,26)(H,27,28)(H,29,30). The minimum atomic E-state index is -1.05. The Kier molecular flexibility index (Phi) is 5.62. The average Bonchev–Trinajstić information content (AvgIpc) is 2.60. The van der Waals surface area contributed by atoms with E-state index >= 15 is 0 Å². The Balaban J connectivity index is 2.21. The topological polar surface area (TPSA) is 112 Å². The van der Waals surface area contributed by atoms with Gasteiger partial charge in [0, 0.05) is 5.41 Å². The molecule has 3 aliphatic carbocycles. The second-order valence-electron chi connectivity index (χ2n) is 11.1. The van der Waals surface area contributed by atoms with Crippen LogP contribution in [-0.4, -0.2) is 33.2 Å². The van der Waals surface area contributed by atoms with E-state index in [0.717, 1.165) is 18.4 Å². The number of fused-ring (bicyclic) bond motifs is 3. The molecule has 3 N–H and O–H groups in total. The molecule has 3 rings (SSSR count). The van der Waals surface area contributed by atoms with Gasteiger partial charge in [-0.2, -0.15) is 0 Å². The van der Waals surface area contributed by atoms with Gasteiger partial charge in [0.15, 0.2) is 0 Å². The first-order valence-electron chi connectivity index (χ1n) is 11.2. The van der Waals surface area contributed by atoms with Gasteiger partial charge in [-0.15, -0.1) is 0 Å². The van der Waals surface area contributed by atoms with Crippen molar-refractivity contribution in [2.45, 2.75) is 73.1 Å². The molecule has 0 aromatic heterocycles. The molecule has 0 aliphatic heterocycles. The van der Waals surface area contributed by atoms with Crippen molar-refractivity contribution in [2.75, 3.05) is 0 Å². The van der Waals surface area contributed by atoms with Crippen LogP contribution in [0.25, 0.3) is 0 Å². The molecular weight excluding hydrogens is 384 g/mol. The van der Waals surface area contributed by atoms with Crippen LogP contribution in [0.4, 0.5) is 0 Å². The van der Waals surface area contributed by atoms with E-state index in [4.69, 9.17) is 0 Å². The fourth-order valence-corrected chi connectivity index (χ4v) is 7.50. The Bertz CT molecular complexity index is 785. The summed E-state index contributed by atoms with van der Waals surface area (Å²) in [6.45, 7) is 9.90. The number of carboxylic acid groups (broad SMARTS) is 3. The van der Waals surface area contributed by atoms with Crippen molar-refractivity contribution >= 4 is 17.9 Å². The summed E-state index contributed by atoms with van der Waals surface area (Å²) in [5, 5.41) is 30.3. The third-order valence-electron chi connectivity index (χ3n) is 8.78. The van der Waals surface area contributed by atoms with Crippen LogP contribution < -0.4 is 0 Å². The van der Waals surface area contributed by atoms with Crippen molar-refractivity contribution in [2.24, 2.45) is 45.8 Å². The maximum absolute atomic E-state index is 12.5. The lowest BCUT2D eigenvalue weighted by Crippen LogP contribution is -2.59. The summed E-state index contributed by atoms with van der Waals surface area (Å²) >= 11 is 0. The summed E-state index contributed by atoms with van der Waals surface area (Å²) < 4.78 is 0. The smallest absolute Gasteiger partial charge is 0.309 e. The van der Waals surface area contributed by atoms with Gasteiger partial charge in [-0.05, 0) is 62.2 Å². The zero-order valence-electron chi connectivity index (χ0n) is 18.8. The van der Waals surface area contributed by atoms with Crippen LogP contribution in [0, 0.1) is 45.8 Å². The Hall–Kier alpha value is -1.85. The van der Waals surface area contributed by atoms with E-state index in [9.17, 15) is 29.7 Å². The molecule has 0 saturated heterocycles. The summed E-state index contributed by atoms with van der Waals surface area (Å²) in [6, 6.07) is 0. The number of hydrogen-bond donors (Lipinski definition) is 3. The van der Waals surface area contributed by atoms with Gasteiger partial charge in [0.1, 0.15) is 0 Å². The van der Waals surface area contributed by atoms with Gasteiger partial charge in [-0.1, -0.05) is 45.8 Å². The lowest BCUT2D eigenvalue weighted by molar-refractivity contribution is -0.170. The van der Waals surface area contributed by atoms with Gasteiger partial charge in [0.2, 0.25) is 0 Å². The van der Waals surface area contributed by atoms with Crippen LogP contribution in [0.1, 0.15) is 73.1 Å². The molecule has 168 valence electrons. The first-order valence-corrected chi connectivity index (χ1v) is 11.2. The van der Waals surface area contributed by atoms with Crippen molar-refractivity contribution in [1.82, 2.24) is 0 Å². The third-order valence-corrected chi connectivity index (χ3v) is 8.78. The molecule has 0 bridgehead atoms. The summed E-state index contributed by atoms with van der Waals surface area (Å²) in [5.41, 5.74) is -1.03. The third kappa shape index (κ3) is 3.18. The van der Waals surface area contributed by atoms with Gasteiger partial charge in [0.25, 0.3) is 0 Å². The minimum absolute atomic E-state index is 0.0777. The predicted molar refractivity (Wildman–Crippen MR) is 112 cm³/mol. The Labute approximate surface area is 178 Å². The second kappa shape index (κ2) is 7.38. The zero-order valence-corrected chi connectivity index (χ0v) is 18.8. The lowest BCUT2D eigenvalue weighted by atomic mass is 9.41. The van der Waals surface area contributed by atoms with E-state index in [1.165, 1.54) is 0 Å². The number of carbonyl (C=O) groups is 3. The van der Waals surface area contributed by atoms with E-state index in [-0.39, 0.29) is 17.8 Å². The van der Waals surface area contributed by atoms with Crippen molar-refractivity contribution in [3.63, 3.8) is 0 Å². The Morgan fingerprint density at radius 2 is 1.63 bits per heavy atom. The minimum Gasteiger partial charge on any atom is -0.481 e. The highest BCUT2D eigenvalue weighted by atomic mass is 16.4. The van der Waals surface area contributed by atoms with Gasteiger partial charge in [-0.3, -0.25) is 14.4 Å². The molecule has 0 spiro atoms. The van der Waals surface area contributed by atoms with Crippen LogP contribution in [0.2, 0.25) is 0 Å². The fourth-order valence-electron chi connectivity index (χ4n) is 7.50. The quantitative estimate of drug-likeness (QED) is 0.556. The maximum Gasteiger partial charge on any atom is 0.309 e. The lowest BCUT2D eigenvalue weighted by Gasteiger charge is -2.62. The Morgan fingerprint density at radius 3 is 2.13 bits per heavy atom. The molecule has 7 unspecified atom stereocenters. The van der Waals surface area contributed by atoms with E-state index in [0.29, 0.717) is 25.7 Å². The number of aliphatic carboxylic acids is 3. The number of allylic oxidation sites excluding steroid dienone is 2. The molecule has 2 fully saturated rings. The largest absolute Gasteiger partial charge is 0.481 e. The second-order valence-corrected chi connectivity index (χ2v) is 11.1. The van der Waals surface area contributed by atoms with Gasteiger partial charge in [-0.25, -0.2) is 0 Å². The molecule has 0 aromatic rings. The van der Waals surface area contributed by atoms with Crippen molar-refractivity contribution in [1.29, 1.82) is 0 Å². The van der Waals surface area contributed by atoms with Gasteiger partial charge in [0.05, 0.1) is 17.3 Å². The molecule has 0 heterocycles. The van der Waals surface area contributed by atoms with Crippen molar-refractivity contribution in [3.8, 4) is 0 Å². The van der Waals surface area contributed by atoms with Crippen LogP contribution in [0.5, 0.6) is 0 Å². The zero-order chi connectivity index (χ0) is 22.6. The summed E-state index contributed by atoms with van der Waals surface area (Å²) in [5.74, 6) is -5.06. The summed E-state index contributed by atoms with van der Waals surface area (Å²) in [7, 11) is 0.